The lowest BCUT2D eigenvalue weighted by atomic mass is 9.82. The van der Waals surface area contributed by atoms with Crippen LogP contribution in [-0.4, -0.2) is 13.0 Å². The molecule has 3 N–H and O–H groups in total. The second-order valence-electron chi connectivity index (χ2n) is 4.75. The second kappa shape index (κ2) is 5.21. The maximum absolute atomic E-state index is 11.5. The number of carbonyl (C=O) groups is 1. The van der Waals surface area contributed by atoms with Crippen LogP contribution >= 0.6 is 0 Å². The van der Waals surface area contributed by atoms with E-state index in [0.717, 1.165) is 11.3 Å². The molecule has 0 unspecified atom stereocenters. The van der Waals surface area contributed by atoms with Crippen LogP contribution in [0, 0.1) is 0 Å². The molecule has 1 amide bonds. The highest BCUT2D eigenvalue weighted by molar-refractivity contribution is 5.95. The van der Waals surface area contributed by atoms with Gasteiger partial charge in [0, 0.05) is 18.3 Å². The van der Waals surface area contributed by atoms with Crippen LogP contribution < -0.4 is 11.1 Å². The van der Waals surface area contributed by atoms with Crippen LogP contribution in [0.15, 0.2) is 18.2 Å². The standard InChI is InChI=1S/C14H20N2O/c1-16-11-7-8-12(14(15)17)13(9-11)10-5-3-2-4-6-10/h7-10,16H,2-6H2,1H3,(H2,15,17). The first-order valence-electron chi connectivity index (χ1n) is 6.34. The van der Waals surface area contributed by atoms with E-state index in [4.69, 9.17) is 5.73 Å². The van der Waals surface area contributed by atoms with Gasteiger partial charge in [0.15, 0.2) is 0 Å². The highest BCUT2D eigenvalue weighted by Gasteiger charge is 2.20. The molecule has 0 radical (unpaired) electrons. The lowest BCUT2D eigenvalue weighted by molar-refractivity contribution is 0.0998. The molecule has 0 aromatic heterocycles. The predicted molar refractivity (Wildman–Crippen MR) is 70.3 cm³/mol. The van der Waals surface area contributed by atoms with Crippen LogP contribution in [0.5, 0.6) is 0 Å². The summed E-state index contributed by atoms with van der Waals surface area (Å²) < 4.78 is 0. The molecule has 92 valence electrons. The molecule has 1 saturated carbocycles. The molecular formula is C14H20N2O. The van der Waals surface area contributed by atoms with E-state index in [1.807, 2.05) is 19.2 Å². The minimum absolute atomic E-state index is 0.312. The highest BCUT2D eigenvalue weighted by Crippen LogP contribution is 2.35. The van der Waals surface area contributed by atoms with Gasteiger partial charge in [0.25, 0.3) is 0 Å². The summed E-state index contributed by atoms with van der Waals surface area (Å²) in [7, 11) is 1.89. The third-order valence-corrected chi connectivity index (χ3v) is 3.65. The lowest BCUT2D eigenvalue weighted by Gasteiger charge is -2.24. The van der Waals surface area contributed by atoms with Gasteiger partial charge in [-0.15, -0.1) is 0 Å². The number of anilines is 1. The first kappa shape index (κ1) is 12.0. The number of rotatable bonds is 3. The van der Waals surface area contributed by atoms with E-state index in [2.05, 4.69) is 11.4 Å². The summed E-state index contributed by atoms with van der Waals surface area (Å²) >= 11 is 0. The van der Waals surface area contributed by atoms with Crippen LogP contribution in [-0.2, 0) is 0 Å². The van der Waals surface area contributed by atoms with E-state index in [0.29, 0.717) is 11.5 Å². The Hall–Kier alpha value is -1.51. The average molecular weight is 232 g/mol. The molecule has 1 fully saturated rings. The molecule has 0 aliphatic heterocycles. The maximum atomic E-state index is 11.5. The molecule has 17 heavy (non-hydrogen) atoms. The van der Waals surface area contributed by atoms with Crippen LogP contribution in [0.3, 0.4) is 0 Å². The normalized spacial score (nSPS) is 16.8. The molecule has 1 aromatic rings. The van der Waals surface area contributed by atoms with Crippen LogP contribution in [0.4, 0.5) is 5.69 Å². The number of benzene rings is 1. The summed E-state index contributed by atoms with van der Waals surface area (Å²) in [5.74, 6) is 0.188. The van der Waals surface area contributed by atoms with E-state index >= 15 is 0 Å². The predicted octanol–water partition coefficient (Wildman–Crippen LogP) is 2.87. The van der Waals surface area contributed by atoms with Gasteiger partial charge in [-0.25, -0.2) is 0 Å². The molecule has 2 rings (SSSR count). The zero-order valence-corrected chi connectivity index (χ0v) is 10.3. The van der Waals surface area contributed by atoms with E-state index in [1.54, 1.807) is 0 Å². The fraction of sp³-hybridized carbons (Fsp3) is 0.500. The molecule has 0 bridgehead atoms. The Morgan fingerprint density at radius 3 is 2.59 bits per heavy atom. The number of carbonyl (C=O) groups excluding carboxylic acids is 1. The van der Waals surface area contributed by atoms with E-state index in [9.17, 15) is 4.79 Å². The fourth-order valence-corrected chi connectivity index (χ4v) is 2.69. The summed E-state index contributed by atoms with van der Waals surface area (Å²) in [5.41, 5.74) is 8.32. The first-order valence-corrected chi connectivity index (χ1v) is 6.34. The van der Waals surface area contributed by atoms with E-state index in [-0.39, 0.29) is 5.91 Å². The lowest BCUT2D eigenvalue weighted by Crippen LogP contribution is -2.17. The molecule has 1 aliphatic rings. The zero-order valence-electron chi connectivity index (χ0n) is 10.3. The number of hydrogen-bond donors (Lipinski definition) is 2. The van der Waals surface area contributed by atoms with Crippen molar-refractivity contribution in [3.63, 3.8) is 0 Å². The van der Waals surface area contributed by atoms with Gasteiger partial charge in [-0.2, -0.15) is 0 Å². The molecule has 0 heterocycles. The smallest absolute Gasteiger partial charge is 0.248 e. The molecular weight excluding hydrogens is 212 g/mol. The second-order valence-corrected chi connectivity index (χ2v) is 4.75. The summed E-state index contributed by atoms with van der Waals surface area (Å²) in [6, 6.07) is 5.83. The van der Waals surface area contributed by atoms with Crippen molar-refractivity contribution in [2.45, 2.75) is 38.0 Å². The Morgan fingerprint density at radius 1 is 1.29 bits per heavy atom. The van der Waals surface area contributed by atoms with Gasteiger partial charge >= 0.3 is 0 Å². The minimum atomic E-state index is -0.312. The molecule has 1 aliphatic carbocycles. The molecule has 1 aromatic carbocycles. The molecule has 0 atom stereocenters. The first-order chi connectivity index (χ1) is 8.22. The average Bonchev–Trinajstić information content (AvgIpc) is 2.39. The van der Waals surface area contributed by atoms with Gasteiger partial charge in [-0.1, -0.05) is 19.3 Å². The minimum Gasteiger partial charge on any atom is -0.388 e. The molecule has 0 saturated heterocycles. The van der Waals surface area contributed by atoms with E-state index < -0.39 is 0 Å². The van der Waals surface area contributed by atoms with Crippen LogP contribution in [0.2, 0.25) is 0 Å². The monoisotopic (exact) mass is 232 g/mol. The van der Waals surface area contributed by atoms with Crippen molar-refractivity contribution in [2.75, 3.05) is 12.4 Å². The highest BCUT2D eigenvalue weighted by atomic mass is 16.1. The maximum Gasteiger partial charge on any atom is 0.248 e. The van der Waals surface area contributed by atoms with Crippen molar-refractivity contribution in [3.8, 4) is 0 Å². The van der Waals surface area contributed by atoms with Gasteiger partial charge in [0.1, 0.15) is 0 Å². The van der Waals surface area contributed by atoms with Crippen molar-refractivity contribution in [2.24, 2.45) is 5.73 Å². The summed E-state index contributed by atoms with van der Waals surface area (Å²) in [6.07, 6.45) is 6.17. The van der Waals surface area contributed by atoms with Crippen molar-refractivity contribution < 1.29 is 4.79 Å². The van der Waals surface area contributed by atoms with Crippen molar-refractivity contribution in [1.82, 2.24) is 0 Å². The number of nitrogens with one attached hydrogen (secondary N) is 1. The Labute approximate surface area is 102 Å². The Kier molecular flexibility index (Phi) is 3.67. The van der Waals surface area contributed by atoms with Gasteiger partial charge in [-0.05, 0) is 42.5 Å². The van der Waals surface area contributed by atoms with Gasteiger partial charge in [0.2, 0.25) is 5.91 Å². The molecule has 3 heteroatoms. The number of nitrogens with two attached hydrogens (primary N) is 1. The van der Waals surface area contributed by atoms with Crippen molar-refractivity contribution >= 4 is 11.6 Å². The zero-order chi connectivity index (χ0) is 12.3. The quantitative estimate of drug-likeness (QED) is 0.842. The number of primary amides is 1. The van der Waals surface area contributed by atoms with E-state index in [1.165, 1.54) is 32.1 Å². The molecule has 3 nitrogen and oxygen atoms in total. The fourth-order valence-electron chi connectivity index (χ4n) is 2.69. The summed E-state index contributed by atoms with van der Waals surface area (Å²) in [4.78, 5) is 11.5. The van der Waals surface area contributed by atoms with Gasteiger partial charge < -0.3 is 11.1 Å². The van der Waals surface area contributed by atoms with Crippen LogP contribution in [0.1, 0.15) is 53.9 Å². The summed E-state index contributed by atoms with van der Waals surface area (Å²) in [5, 5.41) is 3.12. The Bertz CT molecular complexity index is 409. The van der Waals surface area contributed by atoms with Crippen molar-refractivity contribution in [1.29, 1.82) is 0 Å². The largest absolute Gasteiger partial charge is 0.388 e. The SMILES string of the molecule is CNc1ccc(C(N)=O)c(C2CCCCC2)c1. The van der Waals surface area contributed by atoms with Gasteiger partial charge in [-0.3, -0.25) is 4.79 Å². The number of amides is 1. The number of hydrogen-bond acceptors (Lipinski definition) is 2. The molecule has 0 spiro atoms. The van der Waals surface area contributed by atoms with Gasteiger partial charge in [0.05, 0.1) is 0 Å². The Balaban J connectivity index is 2.36. The topological polar surface area (TPSA) is 55.1 Å². The van der Waals surface area contributed by atoms with Crippen LogP contribution in [0.25, 0.3) is 0 Å². The Morgan fingerprint density at radius 2 is 2.00 bits per heavy atom. The summed E-state index contributed by atoms with van der Waals surface area (Å²) in [6.45, 7) is 0. The van der Waals surface area contributed by atoms with Crippen molar-refractivity contribution in [3.05, 3.63) is 29.3 Å². The third kappa shape index (κ3) is 2.60. The third-order valence-electron chi connectivity index (χ3n) is 3.65.